The number of hydrogen-bond acceptors (Lipinski definition) is 3. The average Bonchev–Trinajstić information content (AvgIpc) is 2.80. The molecule has 0 bridgehead atoms. The molecule has 0 aromatic rings. The van der Waals surface area contributed by atoms with Gasteiger partial charge in [0.2, 0.25) is 0 Å². The fourth-order valence-electron chi connectivity index (χ4n) is 6.05. The summed E-state index contributed by atoms with van der Waals surface area (Å²) in [6.07, 6.45) is 10.2. The summed E-state index contributed by atoms with van der Waals surface area (Å²) < 4.78 is 0. The smallest absolute Gasteiger partial charge is 0.156 e. The standard InChI is InChI=1S/C20H25NO2/c1-18-8-5-14(22)11-13(18)3-4-15-16(18)6-9-19(2)17(15)7-10-20(19,23)12-21/h6,11,15,17,23H,3-5,7-10H2,1-2H3/t15-,17+,18+,19+,20+/m1/s1. The summed E-state index contributed by atoms with van der Waals surface area (Å²) in [6, 6.07) is 2.22. The van der Waals surface area contributed by atoms with E-state index in [9.17, 15) is 15.2 Å². The normalized spacial score (nSPS) is 48.5. The van der Waals surface area contributed by atoms with E-state index in [1.807, 2.05) is 6.08 Å². The predicted molar refractivity (Wildman–Crippen MR) is 87.2 cm³/mol. The Balaban J connectivity index is 1.78. The summed E-state index contributed by atoms with van der Waals surface area (Å²) in [6.45, 7) is 4.41. The number of hydrogen-bond donors (Lipinski definition) is 1. The van der Waals surface area contributed by atoms with E-state index >= 15 is 0 Å². The van der Waals surface area contributed by atoms with Crippen molar-refractivity contribution in [3.8, 4) is 6.07 Å². The lowest BCUT2D eigenvalue weighted by atomic mass is 9.51. The molecule has 23 heavy (non-hydrogen) atoms. The number of ketones is 1. The predicted octanol–water partition coefficient (Wildman–Crippen LogP) is 3.69. The maximum absolute atomic E-state index is 11.8. The van der Waals surface area contributed by atoms with E-state index in [4.69, 9.17) is 0 Å². The maximum atomic E-state index is 11.8. The van der Waals surface area contributed by atoms with Gasteiger partial charge in [0.15, 0.2) is 11.4 Å². The summed E-state index contributed by atoms with van der Waals surface area (Å²) in [4.78, 5) is 11.8. The minimum atomic E-state index is -1.18. The van der Waals surface area contributed by atoms with Crippen LogP contribution in [0.5, 0.6) is 0 Å². The topological polar surface area (TPSA) is 61.1 Å². The second-order valence-corrected chi connectivity index (χ2v) is 8.51. The second-order valence-electron chi connectivity index (χ2n) is 8.51. The lowest BCUT2D eigenvalue weighted by Crippen LogP contribution is -2.50. The van der Waals surface area contributed by atoms with Crippen LogP contribution in [0.3, 0.4) is 0 Å². The number of fused-ring (bicyclic) bond motifs is 5. The Labute approximate surface area is 138 Å². The summed E-state index contributed by atoms with van der Waals surface area (Å²) in [5.74, 6) is 1.13. The van der Waals surface area contributed by atoms with E-state index in [1.165, 1.54) is 11.1 Å². The number of aliphatic hydroxyl groups is 1. The molecule has 3 nitrogen and oxygen atoms in total. The minimum absolute atomic E-state index is 0.0332. The van der Waals surface area contributed by atoms with Crippen LogP contribution >= 0.6 is 0 Å². The Morgan fingerprint density at radius 2 is 2.04 bits per heavy atom. The van der Waals surface area contributed by atoms with Gasteiger partial charge in [-0.25, -0.2) is 0 Å². The third-order valence-electron chi connectivity index (χ3n) is 7.67. The zero-order valence-corrected chi connectivity index (χ0v) is 14.1. The van der Waals surface area contributed by atoms with Gasteiger partial charge in [0.05, 0.1) is 6.07 Å². The first-order chi connectivity index (χ1) is 10.8. The van der Waals surface area contributed by atoms with Crippen LogP contribution in [0.2, 0.25) is 0 Å². The van der Waals surface area contributed by atoms with Crippen molar-refractivity contribution in [1.29, 1.82) is 5.26 Å². The first kappa shape index (κ1) is 15.1. The molecule has 0 saturated heterocycles. The molecule has 0 aromatic heterocycles. The van der Waals surface area contributed by atoms with Gasteiger partial charge < -0.3 is 5.11 Å². The van der Waals surface area contributed by atoms with Gasteiger partial charge in [0.25, 0.3) is 0 Å². The van der Waals surface area contributed by atoms with E-state index in [-0.39, 0.29) is 16.6 Å². The second kappa shape index (κ2) is 4.57. The first-order valence-corrected chi connectivity index (χ1v) is 8.92. The largest absolute Gasteiger partial charge is 0.375 e. The molecule has 2 saturated carbocycles. The Kier molecular flexibility index (Phi) is 3.01. The van der Waals surface area contributed by atoms with Gasteiger partial charge in [-0.15, -0.1) is 0 Å². The van der Waals surface area contributed by atoms with Crippen molar-refractivity contribution in [3.05, 3.63) is 23.3 Å². The number of carbonyl (C=O) groups is 1. The third kappa shape index (κ3) is 1.76. The molecule has 1 N–H and O–H groups in total. The monoisotopic (exact) mass is 311 g/mol. The molecule has 0 aliphatic heterocycles. The lowest BCUT2D eigenvalue weighted by molar-refractivity contribution is -0.115. The number of nitrogens with zero attached hydrogens (tertiary/aromatic N) is 1. The summed E-state index contributed by atoms with van der Waals surface area (Å²) in [5, 5.41) is 20.4. The molecular formula is C20H25NO2. The molecule has 5 atom stereocenters. The molecule has 4 aliphatic carbocycles. The van der Waals surface area contributed by atoms with Crippen molar-refractivity contribution in [1.82, 2.24) is 0 Å². The Morgan fingerprint density at radius 3 is 2.78 bits per heavy atom. The van der Waals surface area contributed by atoms with E-state index in [0.717, 1.165) is 32.1 Å². The minimum Gasteiger partial charge on any atom is -0.375 e. The van der Waals surface area contributed by atoms with Crippen LogP contribution < -0.4 is 0 Å². The quantitative estimate of drug-likeness (QED) is 0.548. The molecule has 0 radical (unpaired) electrons. The third-order valence-corrected chi connectivity index (χ3v) is 7.67. The fraction of sp³-hybridized carbons (Fsp3) is 0.700. The molecule has 0 unspecified atom stereocenters. The molecule has 4 rings (SSSR count). The van der Waals surface area contributed by atoms with E-state index in [1.54, 1.807) is 0 Å². The maximum Gasteiger partial charge on any atom is 0.156 e. The van der Waals surface area contributed by atoms with Gasteiger partial charge in [-0.1, -0.05) is 31.1 Å². The van der Waals surface area contributed by atoms with Crippen LogP contribution in [-0.2, 0) is 4.79 Å². The van der Waals surface area contributed by atoms with E-state index in [2.05, 4.69) is 26.0 Å². The molecule has 2 fully saturated rings. The summed E-state index contributed by atoms with van der Waals surface area (Å²) in [5.41, 5.74) is 1.34. The van der Waals surface area contributed by atoms with Crippen LogP contribution in [0.1, 0.15) is 58.8 Å². The molecule has 0 aromatic carbocycles. The van der Waals surface area contributed by atoms with E-state index < -0.39 is 5.60 Å². The molecule has 0 heterocycles. The van der Waals surface area contributed by atoms with Crippen LogP contribution in [0.15, 0.2) is 23.3 Å². The highest BCUT2D eigenvalue weighted by molar-refractivity contribution is 5.92. The molecule has 122 valence electrons. The van der Waals surface area contributed by atoms with Crippen molar-refractivity contribution in [2.45, 2.75) is 64.4 Å². The van der Waals surface area contributed by atoms with Gasteiger partial charge in [-0.05, 0) is 56.4 Å². The highest BCUT2D eigenvalue weighted by Gasteiger charge is 2.62. The molecular weight excluding hydrogens is 286 g/mol. The molecule has 4 aliphatic rings. The van der Waals surface area contributed by atoms with Crippen molar-refractivity contribution in [3.63, 3.8) is 0 Å². The van der Waals surface area contributed by atoms with Crippen LogP contribution in [-0.4, -0.2) is 16.5 Å². The number of carbonyl (C=O) groups excluding carboxylic acids is 1. The SMILES string of the molecule is C[C@]12CCC(=O)C=C1CC[C@@H]1C2=CC[C@@]2(C)[C@H]1CC[C@]2(O)C#N. The molecule has 0 amide bonds. The van der Waals surface area contributed by atoms with Crippen LogP contribution in [0.4, 0.5) is 0 Å². The van der Waals surface area contributed by atoms with Gasteiger partial charge >= 0.3 is 0 Å². The van der Waals surface area contributed by atoms with Gasteiger partial charge in [0.1, 0.15) is 0 Å². The average molecular weight is 311 g/mol. The molecule has 3 heteroatoms. The van der Waals surface area contributed by atoms with Crippen LogP contribution in [0, 0.1) is 34.0 Å². The van der Waals surface area contributed by atoms with Gasteiger partial charge in [-0.3, -0.25) is 4.79 Å². The number of rotatable bonds is 0. The van der Waals surface area contributed by atoms with Crippen molar-refractivity contribution >= 4 is 5.78 Å². The van der Waals surface area contributed by atoms with Gasteiger partial charge in [-0.2, -0.15) is 5.26 Å². The summed E-state index contributed by atoms with van der Waals surface area (Å²) >= 11 is 0. The fourth-order valence-corrected chi connectivity index (χ4v) is 6.05. The number of allylic oxidation sites excluding steroid dienone is 4. The lowest BCUT2D eigenvalue weighted by Gasteiger charge is -2.53. The summed E-state index contributed by atoms with van der Waals surface area (Å²) in [7, 11) is 0. The van der Waals surface area contributed by atoms with Crippen molar-refractivity contribution in [2.24, 2.45) is 22.7 Å². The number of nitriles is 1. The molecule has 0 spiro atoms. The Bertz CT molecular complexity index is 684. The van der Waals surface area contributed by atoms with Crippen molar-refractivity contribution in [2.75, 3.05) is 0 Å². The zero-order valence-electron chi connectivity index (χ0n) is 14.1. The van der Waals surface area contributed by atoms with E-state index in [0.29, 0.717) is 24.7 Å². The van der Waals surface area contributed by atoms with Crippen molar-refractivity contribution < 1.29 is 9.90 Å². The first-order valence-electron chi connectivity index (χ1n) is 8.92. The zero-order chi connectivity index (χ0) is 16.5. The van der Waals surface area contributed by atoms with Gasteiger partial charge in [0, 0.05) is 17.3 Å². The highest BCUT2D eigenvalue weighted by atomic mass is 16.3. The van der Waals surface area contributed by atoms with Crippen LogP contribution in [0.25, 0.3) is 0 Å². The Morgan fingerprint density at radius 1 is 1.26 bits per heavy atom. The Hall–Kier alpha value is -1.40. The highest BCUT2D eigenvalue weighted by Crippen LogP contribution is 2.65.